The summed E-state index contributed by atoms with van der Waals surface area (Å²) in [5, 5.41) is 12.7. The highest BCUT2D eigenvalue weighted by atomic mass is 35.5. The molecule has 4 heteroatoms. The van der Waals surface area contributed by atoms with E-state index < -0.39 is 5.82 Å². The van der Waals surface area contributed by atoms with Gasteiger partial charge >= 0.3 is 0 Å². The molecule has 0 aliphatic heterocycles. The van der Waals surface area contributed by atoms with Crippen molar-refractivity contribution < 1.29 is 4.39 Å². The van der Waals surface area contributed by atoms with E-state index in [0.29, 0.717) is 17.1 Å². The first-order valence-electron chi connectivity index (χ1n) is 6.28. The topological polar surface area (TPSA) is 35.8 Å². The molecule has 2 nitrogen and oxygen atoms in total. The van der Waals surface area contributed by atoms with Crippen LogP contribution in [-0.2, 0) is 6.54 Å². The summed E-state index contributed by atoms with van der Waals surface area (Å²) >= 11 is 5.95. The highest BCUT2D eigenvalue weighted by Crippen LogP contribution is 2.18. The van der Waals surface area contributed by atoms with Crippen LogP contribution in [0.15, 0.2) is 42.5 Å². The van der Waals surface area contributed by atoms with Gasteiger partial charge in [0.1, 0.15) is 11.9 Å². The lowest BCUT2D eigenvalue weighted by atomic mass is 10.1. The van der Waals surface area contributed by atoms with Crippen molar-refractivity contribution in [2.45, 2.75) is 19.5 Å². The number of nitrogens with one attached hydrogen (secondary N) is 1. The molecular formula is C16H14ClFN2. The predicted molar refractivity (Wildman–Crippen MR) is 77.8 cm³/mol. The van der Waals surface area contributed by atoms with E-state index in [9.17, 15) is 4.39 Å². The Morgan fingerprint density at radius 3 is 2.75 bits per heavy atom. The monoisotopic (exact) mass is 288 g/mol. The Bertz CT molecular complexity index is 649. The lowest BCUT2D eigenvalue weighted by Crippen LogP contribution is -2.19. The minimum atomic E-state index is -0.458. The molecule has 2 aromatic carbocycles. The maximum Gasteiger partial charge on any atom is 0.145 e. The zero-order valence-corrected chi connectivity index (χ0v) is 11.8. The van der Waals surface area contributed by atoms with Crippen LogP contribution in [-0.4, -0.2) is 0 Å². The van der Waals surface area contributed by atoms with Gasteiger partial charge in [0, 0.05) is 23.2 Å². The third-order valence-corrected chi connectivity index (χ3v) is 3.38. The number of nitriles is 1. The first kappa shape index (κ1) is 14.5. The number of halogens is 2. The summed E-state index contributed by atoms with van der Waals surface area (Å²) in [5.41, 5.74) is 1.59. The standard InChI is InChI=1S/C16H14ClFN2/c1-11(12-4-3-7-15(17)8-12)20-10-14-6-2-5-13(9-19)16(14)18/h2-8,11,20H,10H2,1H3. The minimum absolute atomic E-state index is 0.0406. The van der Waals surface area contributed by atoms with E-state index in [1.807, 2.05) is 37.3 Å². The Morgan fingerprint density at radius 1 is 1.30 bits per heavy atom. The number of hydrogen-bond acceptors (Lipinski definition) is 2. The van der Waals surface area contributed by atoms with Crippen molar-refractivity contribution >= 4 is 11.6 Å². The van der Waals surface area contributed by atoms with Crippen LogP contribution in [0.25, 0.3) is 0 Å². The highest BCUT2D eigenvalue weighted by Gasteiger charge is 2.10. The van der Waals surface area contributed by atoms with Crippen LogP contribution in [0.1, 0.15) is 29.7 Å². The molecule has 1 N–H and O–H groups in total. The molecule has 0 fully saturated rings. The third-order valence-electron chi connectivity index (χ3n) is 3.15. The molecule has 0 radical (unpaired) electrons. The van der Waals surface area contributed by atoms with E-state index >= 15 is 0 Å². The molecule has 0 saturated carbocycles. The van der Waals surface area contributed by atoms with Gasteiger partial charge in [-0.1, -0.05) is 35.9 Å². The van der Waals surface area contributed by atoms with Crippen LogP contribution in [0.2, 0.25) is 5.02 Å². The van der Waals surface area contributed by atoms with Crippen LogP contribution in [0, 0.1) is 17.1 Å². The Labute approximate surface area is 122 Å². The van der Waals surface area contributed by atoms with Crippen molar-refractivity contribution in [1.82, 2.24) is 5.32 Å². The lowest BCUT2D eigenvalue weighted by molar-refractivity contribution is 0.543. The Hall–Kier alpha value is -1.89. The smallest absolute Gasteiger partial charge is 0.145 e. The number of hydrogen-bond donors (Lipinski definition) is 1. The van der Waals surface area contributed by atoms with Gasteiger partial charge in [-0.25, -0.2) is 4.39 Å². The second kappa shape index (κ2) is 6.51. The van der Waals surface area contributed by atoms with Gasteiger partial charge < -0.3 is 5.32 Å². The van der Waals surface area contributed by atoms with Crippen LogP contribution in [0.5, 0.6) is 0 Å². The quantitative estimate of drug-likeness (QED) is 0.915. The first-order chi connectivity index (χ1) is 9.61. The summed E-state index contributed by atoms with van der Waals surface area (Å²) in [6, 6.07) is 14.2. The molecule has 2 rings (SSSR count). The van der Waals surface area contributed by atoms with E-state index in [2.05, 4.69) is 5.32 Å². The molecule has 0 spiro atoms. The van der Waals surface area contributed by atoms with Gasteiger partial charge in [-0.3, -0.25) is 0 Å². The zero-order valence-electron chi connectivity index (χ0n) is 11.0. The summed E-state index contributed by atoms with van der Waals surface area (Å²) in [6.45, 7) is 2.34. The van der Waals surface area contributed by atoms with Crippen molar-refractivity contribution in [3.63, 3.8) is 0 Å². The van der Waals surface area contributed by atoms with Gasteiger partial charge in [0.05, 0.1) is 5.56 Å². The zero-order chi connectivity index (χ0) is 14.5. The van der Waals surface area contributed by atoms with Crippen LogP contribution < -0.4 is 5.32 Å². The Balaban J connectivity index is 2.08. The third kappa shape index (κ3) is 3.36. The normalized spacial score (nSPS) is 11.9. The molecule has 0 heterocycles. The van der Waals surface area contributed by atoms with Crippen LogP contribution >= 0.6 is 11.6 Å². The van der Waals surface area contributed by atoms with E-state index in [1.165, 1.54) is 6.07 Å². The van der Waals surface area contributed by atoms with Gasteiger partial charge in [0.25, 0.3) is 0 Å². The average molecular weight is 289 g/mol. The second-order valence-electron chi connectivity index (χ2n) is 4.55. The number of benzene rings is 2. The molecule has 0 aliphatic carbocycles. The molecule has 0 bridgehead atoms. The van der Waals surface area contributed by atoms with Gasteiger partial charge in [-0.15, -0.1) is 0 Å². The van der Waals surface area contributed by atoms with Crippen molar-refractivity contribution in [3.05, 3.63) is 70.0 Å². The summed E-state index contributed by atoms with van der Waals surface area (Å²) in [4.78, 5) is 0. The van der Waals surface area contributed by atoms with Gasteiger partial charge in [0.2, 0.25) is 0 Å². The lowest BCUT2D eigenvalue weighted by Gasteiger charge is -2.15. The summed E-state index contributed by atoms with van der Waals surface area (Å²) in [7, 11) is 0. The van der Waals surface area contributed by atoms with E-state index in [1.54, 1.807) is 12.1 Å². The average Bonchev–Trinajstić information content (AvgIpc) is 2.46. The van der Waals surface area contributed by atoms with Gasteiger partial charge in [-0.2, -0.15) is 5.26 Å². The maximum atomic E-state index is 13.9. The molecule has 1 atom stereocenters. The van der Waals surface area contributed by atoms with Crippen molar-refractivity contribution in [1.29, 1.82) is 5.26 Å². The van der Waals surface area contributed by atoms with Crippen molar-refractivity contribution in [2.75, 3.05) is 0 Å². The highest BCUT2D eigenvalue weighted by molar-refractivity contribution is 6.30. The fraction of sp³-hybridized carbons (Fsp3) is 0.188. The Kier molecular flexibility index (Phi) is 4.73. The molecule has 0 aromatic heterocycles. The van der Waals surface area contributed by atoms with E-state index in [-0.39, 0.29) is 11.6 Å². The second-order valence-corrected chi connectivity index (χ2v) is 4.98. The summed E-state index contributed by atoms with van der Waals surface area (Å²) < 4.78 is 13.9. The van der Waals surface area contributed by atoms with Crippen molar-refractivity contribution in [3.8, 4) is 6.07 Å². The molecule has 0 aliphatic rings. The molecule has 1 unspecified atom stereocenters. The van der Waals surface area contributed by atoms with Crippen LogP contribution in [0.3, 0.4) is 0 Å². The van der Waals surface area contributed by atoms with Gasteiger partial charge in [0.15, 0.2) is 0 Å². The molecule has 20 heavy (non-hydrogen) atoms. The number of nitrogens with zero attached hydrogens (tertiary/aromatic N) is 1. The minimum Gasteiger partial charge on any atom is -0.306 e. The van der Waals surface area contributed by atoms with E-state index in [0.717, 1.165) is 5.56 Å². The fourth-order valence-corrected chi connectivity index (χ4v) is 2.16. The maximum absolute atomic E-state index is 13.9. The SMILES string of the molecule is CC(NCc1cccc(C#N)c1F)c1cccc(Cl)c1. The number of rotatable bonds is 4. The fourth-order valence-electron chi connectivity index (χ4n) is 1.96. The largest absolute Gasteiger partial charge is 0.306 e. The van der Waals surface area contributed by atoms with E-state index in [4.69, 9.17) is 16.9 Å². The predicted octanol–water partition coefficient (Wildman–Crippen LogP) is 4.20. The molecular weight excluding hydrogens is 275 g/mol. The molecule has 0 amide bonds. The first-order valence-corrected chi connectivity index (χ1v) is 6.66. The summed E-state index contributed by atoms with van der Waals surface area (Å²) in [6.07, 6.45) is 0. The van der Waals surface area contributed by atoms with Crippen LogP contribution in [0.4, 0.5) is 4.39 Å². The molecule has 2 aromatic rings. The molecule has 0 saturated heterocycles. The van der Waals surface area contributed by atoms with Gasteiger partial charge in [-0.05, 0) is 30.7 Å². The summed E-state index contributed by atoms with van der Waals surface area (Å²) in [5.74, 6) is -0.458. The molecule has 102 valence electrons. The van der Waals surface area contributed by atoms with Crippen molar-refractivity contribution in [2.24, 2.45) is 0 Å². The Morgan fingerprint density at radius 2 is 2.05 bits per heavy atom.